The highest BCUT2D eigenvalue weighted by atomic mass is 32.2. The lowest BCUT2D eigenvalue weighted by atomic mass is 9.96. The van der Waals surface area contributed by atoms with Gasteiger partial charge in [-0.2, -0.15) is 0 Å². The molecule has 0 fully saturated rings. The quantitative estimate of drug-likeness (QED) is 0.471. The number of amides is 1. The van der Waals surface area contributed by atoms with Crippen LogP contribution in [0.1, 0.15) is 24.1 Å². The first-order chi connectivity index (χ1) is 16.6. The first-order valence-electron chi connectivity index (χ1n) is 10.9. The van der Waals surface area contributed by atoms with Crippen molar-refractivity contribution >= 4 is 28.5 Å². The number of allylic oxidation sites excluding steroid dienone is 1. The van der Waals surface area contributed by atoms with Crippen molar-refractivity contribution in [3.8, 4) is 11.5 Å². The summed E-state index contributed by atoms with van der Waals surface area (Å²) in [6.07, 6.45) is 0. The van der Waals surface area contributed by atoms with Crippen LogP contribution in [0.4, 0.5) is 5.69 Å². The van der Waals surface area contributed by atoms with Gasteiger partial charge in [0.25, 0.3) is 5.91 Å². The molecule has 0 radical (unpaired) electrons. The summed E-state index contributed by atoms with van der Waals surface area (Å²) in [6.45, 7) is 1.91. The van der Waals surface area contributed by atoms with Gasteiger partial charge in [-0.3, -0.25) is 4.79 Å². The number of thioether (sulfide) groups is 1. The molecule has 0 aromatic heterocycles. The maximum atomic E-state index is 13.3. The molecule has 0 saturated heterocycles. The topological polar surface area (TPSA) is 72.0 Å². The number of aliphatic imine (C=N–C) groups is 1. The number of para-hydroxylation sites is 1. The first kappa shape index (κ1) is 23.4. The van der Waals surface area contributed by atoms with Gasteiger partial charge in [-0.05, 0) is 42.8 Å². The second-order valence-corrected chi connectivity index (χ2v) is 8.66. The molecule has 1 atom stereocenters. The van der Waals surface area contributed by atoms with Crippen LogP contribution in [0.5, 0.6) is 11.5 Å². The number of hydrogen-bond acceptors (Lipinski definition) is 6. The van der Waals surface area contributed by atoms with Crippen molar-refractivity contribution in [1.82, 2.24) is 5.32 Å². The van der Waals surface area contributed by atoms with E-state index in [1.54, 1.807) is 26.0 Å². The number of carbonyl (C=O) groups is 1. The number of ether oxygens (including phenoxy) is 2. The third kappa shape index (κ3) is 5.43. The lowest BCUT2D eigenvalue weighted by molar-refractivity contribution is -0.113. The second-order valence-electron chi connectivity index (χ2n) is 7.70. The Hall–Kier alpha value is -3.71. The molecular formula is C27H27N3O3S. The van der Waals surface area contributed by atoms with Crippen molar-refractivity contribution in [2.75, 3.05) is 19.5 Å². The fourth-order valence-corrected chi connectivity index (χ4v) is 4.68. The zero-order valence-electron chi connectivity index (χ0n) is 19.4. The van der Waals surface area contributed by atoms with Crippen molar-refractivity contribution in [2.45, 2.75) is 18.7 Å². The van der Waals surface area contributed by atoms with Gasteiger partial charge < -0.3 is 20.1 Å². The van der Waals surface area contributed by atoms with Crippen LogP contribution in [-0.4, -0.2) is 25.3 Å². The summed E-state index contributed by atoms with van der Waals surface area (Å²) in [5.74, 6) is 2.02. The second kappa shape index (κ2) is 10.9. The number of amidine groups is 1. The Morgan fingerprint density at radius 2 is 1.71 bits per heavy atom. The zero-order valence-corrected chi connectivity index (χ0v) is 20.2. The first-order valence-corrected chi connectivity index (χ1v) is 11.9. The zero-order chi connectivity index (χ0) is 23.9. The van der Waals surface area contributed by atoms with Gasteiger partial charge in [0.15, 0.2) is 5.17 Å². The summed E-state index contributed by atoms with van der Waals surface area (Å²) in [7, 11) is 3.30. The van der Waals surface area contributed by atoms with Gasteiger partial charge in [0.05, 0.1) is 19.8 Å². The van der Waals surface area contributed by atoms with E-state index in [0.29, 0.717) is 11.3 Å². The molecule has 0 unspecified atom stereocenters. The van der Waals surface area contributed by atoms with Gasteiger partial charge in [-0.1, -0.05) is 60.3 Å². The van der Waals surface area contributed by atoms with Crippen molar-refractivity contribution in [3.05, 3.63) is 101 Å². The molecule has 2 N–H and O–H groups in total. The fourth-order valence-electron chi connectivity index (χ4n) is 3.75. The van der Waals surface area contributed by atoms with Crippen LogP contribution >= 0.6 is 11.8 Å². The number of hydrogen-bond donors (Lipinski definition) is 2. The molecular weight excluding hydrogens is 446 g/mol. The molecule has 1 aliphatic rings. The average molecular weight is 474 g/mol. The van der Waals surface area contributed by atoms with Crippen LogP contribution in [0, 0.1) is 0 Å². The van der Waals surface area contributed by atoms with Crippen molar-refractivity contribution in [1.29, 1.82) is 0 Å². The van der Waals surface area contributed by atoms with Crippen molar-refractivity contribution in [3.63, 3.8) is 0 Å². The van der Waals surface area contributed by atoms with Crippen LogP contribution in [0.3, 0.4) is 0 Å². The molecule has 3 aromatic rings. The molecule has 4 rings (SSSR count). The molecule has 1 heterocycles. The highest BCUT2D eigenvalue weighted by Crippen LogP contribution is 2.34. The Bertz CT molecular complexity index is 1210. The number of carbonyl (C=O) groups excluding carboxylic acids is 1. The smallest absolute Gasteiger partial charge is 0.255 e. The normalized spacial score (nSPS) is 15.3. The number of methoxy groups -OCH3 is 2. The number of nitrogens with zero attached hydrogens (tertiary/aromatic N) is 1. The highest BCUT2D eigenvalue weighted by Gasteiger charge is 2.29. The molecule has 6 nitrogen and oxygen atoms in total. The fraction of sp³-hybridized carbons (Fsp3) is 0.185. The summed E-state index contributed by atoms with van der Waals surface area (Å²) >= 11 is 1.56. The Balaban J connectivity index is 1.60. The lowest BCUT2D eigenvalue weighted by Gasteiger charge is -2.26. The third-order valence-corrected chi connectivity index (χ3v) is 6.40. The van der Waals surface area contributed by atoms with Crippen LogP contribution in [0.15, 0.2) is 95.1 Å². The maximum absolute atomic E-state index is 13.3. The van der Waals surface area contributed by atoms with Crippen molar-refractivity contribution in [2.24, 2.45) is 4.99 Å². The Labute approximate surface area is 204 Å². The Morgan fingerprint density at radius 1 is 1.00 bits per heavy atom. The predicted octanol–water partition coefficient (Wildman–Crippen LogP) is 5.55. The summed E-state index contributed by atoms with van der Waals surface area (Å²) < 4.78 is 10.9. The predicted molar refractivity (Wildman–Crippen MR) is 138 cm³/mol. The average Bonchev–Trinajstić information content (AvgIpc) is 2.87. The van der Waals surface area contributed by atoms with Gasteiger partial charge in [0.2, 0.25) is 0 Å². The summed E-state index contributed by atoms with van der Waals surface area (Å²) in [4.78, 5) is 18.2. The molecule has 1 aliphatic heterocycles. The molecule has 0 bridgehead atoms. The Kier molecular flexibility index (Phi) is 7.54. The number of benzene rings is 3. The van der Waals surface area contributed by atoms with Gasteiger partial charge in [0.1, 0.15) is 17.5 Å². The van der Waals surface area contributed by atoms with Crippen LogP contribution in [-0.2, 0) is 10.5 Å². The van der Waals surface area contributed by atoms with Crippen LogP contribution in [0.25, 0.3) is 0 Å². The minimum atomic E-state index is -0.416. The standard InChI is InChI=1S/C27H27N3O3S/c1-18-24(26(31)29-21-12-8-5-9-13-21)25(19-10-6-4-7-11-19)30-27(28-18)34-17-20-16-22(32-2)14-15-23(20)33-3/h4-16,25H,17H2,1-3H3,(H,28,30)(H,29,31)/t25-/m1/s1. The van der Waals surface area contributed by atoms with E-state index in [1.807, 2.05) is 85.8 Å². The molecule has 3 aromatic carbocycles. The van der Waals surface area contributed by atoms with E-state index in [-0.39, 0.29) is 5.91 Å². The third-order valence-electron chi connectivity index (χ3n) is 5.46. The number of anilines is 1. The maximum Gasteiger partial charge on any atom is 0.255 e. The van der Waals surface area contributed by atoms with Gasteiger partial charge >= 0.3 is 0 Å². The van der Waals surface area contributed by atoms with E-state index in [9.17, 15) is 4.79 Å². The molecule has 0 spiro atoms. The molecule has 0 saturated carbocycles. The van der Waals surface area contributed by atoms with E-state index >= 15 is 0 Å². The summed E-state index contributed by atoms with van der Waals surface area (Å²) in [5, 5.41) is 7.07. The van der Waals surface area contributed by atoms with Gasteiger partial charge in [-0.15, -0.1) is 0 Å². The van der Waals surface area contributed by atoms with Crippen molar-refractivity contribution < 1.29 is 14.3 Å². The Morgan fingerprint density at radius 3 is 2.38 bits per heavy atom. The van der Waals surface area contributed by atoms with Gasteiger partial charge in [-0.25, -0.2) is 4.99 Å². The number of rotatable bonds is 7. The van der Waals surface area contributed by atoms with Gasteiger partial charge in [0, 0.05) is 22.7 Å². The van der Waals surface area contributed by atoms with E-state index in [4.69, 9.17) is 14.5 Å². The largest absolute Gasteiger partial charge is 0.497 e. The summed E-state index contributed by atoms with van der Waals surface area (Å²) in [5.41, 5.74) is 4.07. The molecule has 7 heteroatoms. The van der Waals surface area contributed by atoms with E-state index in [0.717, 1.165) is 39.2 Å². The van der Waals surface area contributed by atoms with E-state index in [1.165, 1.54) is 0 Å². The van der Waals surface area contributed by atoms with Crippen LogP contribution < -0.4 is 20.1 Å². The van der Waals surface area contributed by atoms with E-state index < -0.39 is 6.04 Å². The molecule has 174 valence electrons. The molecule has 34 heavy (non-hydrogen) atoms. The number of nitrogens with one attached hydrogen (secondary N) is 2. The minimum absolute atomic E-state index is 0.174. The minimum Gasteiger partial charge on any atom is -0.497 e. The lowest BCUT2D eigenvalue weighted by Crippen LogP contribution is -2.32. The monoisotopic (exact) mass is 473 g/mol. The van der Waals surface area contributed by atoms with Crippen LogP contribution in [0.2, 0.25) is 0 Å². The van der Waals surface area contributed by atoms with E-state index in [2.05, 4.69) is 10.6 Å². The molecule has 0 aliphatic carbocycles. The SMILES string of the molecule is COc1ccc(OC)c(CSC2=N[C@H](c3ccccc3)C(C(=O)Nc3ccccc3)=C(C)N2)c1. The summed E-state index contributed by atoms with van der Waals surface area (Å²) in [6, 6.07) is 24.6. The highest BCUT2D eigenvalue weighted by molar-refractivity contribution is 8.13. The molecule has 1 amide bonds.